The Morgan fingerprint density at radius 3 is 3.00 bits per heavy atom. The lowest BCUT2D eigenvalue weighted by Gasteiger charge is -2.35. The first-order valence-corrected chi connectivity index (χ1v) is 8.01. The Hall–Kier alpha value is -1.92. The van der Waals surface area contributed by atoms with Crippen molar-refractivity contribution in [2.75, 3.05) is 20.3 Å². The van der Waals surface area contributed by atoms with Crippen molar-refractivity contribution >= 4 is 0 Å². The summed E-state index contributed by atoms with van der Waals surface area (Å²) in [5.74, 6) is 0.689. The summed E-state index contributed by atoms with van der Waals surface area (Å²) in [5.41, 5.74) is 3.56. The number of aryl methyl sites for hydroxylation is 1. The number of pyridine rings is 1. The van der Waals surface area contributed by atoms with Crippen LogP contribution in [0.25, 0.3) is 0 Å². The second kappa shape index (κ2) is 7.10. The minimum atomic E-state index is 0.336. The van der Waals surface area contributed by atoms with Crippen LogP contribution in [0.1, 0.15) is 23.9 Å². The monoisotopic (exact) mass is 316 g/mol. The third-order valence-electron chi connectivity index (χ3n) is 4.37. The quantitative estimate of drug-likeness (QED) is 0.813. The van der Waals surface area contributed by atoms with E-state index in [2.05, 4.69) is 32.5 Å². The molecule has 124 valence electrons. The third-order valence-corrected chi connectivity index (χ3v) is 4.37. The van der Waals surface area contributed by atoms with Crippen LogP contribution in [0.5, 0.6) is 5.88 Å². The maximum absolute atomic E-state index is 5.71. The predicted octanol–water partition coefficient (Wildman–Crippen LogP) is 1.79. The maximum atomic E-state index is 5.71. The zero-order chi connectivity index (χ0) is 16.2. The molecule has 0 amide bonds. The number of hydrogen-bond acceptors (Lipinski definition) is 5. The predicted molar refractivity (Wildman–Crippen MR) is 87.2 cm³/mol. The average Bonchev–Trinajstić information content (AvgIpc) is 2.93. The Balaban J connectivity index is 1.83. The largest absolute Gasteiger partial charge is 0.481 e. The van der Waals surface area contributed by atoms with Crippen LogP contribution in [-0.2, 0) is 31.3 Å². The topological polar surface area (TPSA) is 52.4 Å². The van der Waals surface area contributed by atoms with Gasteiger partial charge in [-0.3, -0.25) is 4.90 Å². The van der Waals surface area contributed by atoms with E-state index in [4.69, 9.17) is 9.47 Å². The normalized spacial score (nSPS) is 18.0. The van der Waals surface area contributed by atoms with E-state index in [-0.39, 0.29) is 0 Å². The molecule has 23 heavy (non-hydrogen) atoms. The summed E-state index contributed by atoms with van der Waals surface area (Å²) < 4.78 is 13.2. The second-order valence-electron chi connectivity index (χ2n) is 5.84. The van der Waals surface area contributed by atoms with Crippen molar-refractivity contribution in [2.45, 2.75) is 32.5 Å². The Kier molecular flexibility index (Phi) is 4.93. The van der Waals surface area contributed by atoms with Gasteiger partial charge in [-0.15, -0.1) is 0 Å². The number of rotatable bonds is 6. The molecule has 0 unspecified atom stereocenters. The summed E-state index contributed by atoms with van der Waals surface area (Å²) in [7, 11) is 3.72. The Labute approximate surface area is 137 Å². The maximum Gasteiger partial charge on any atom is 0.217 e. The summed E-state index contributed by atoms with van der Waals surface area (Å²) >= 11 is 0. The van der Waals surface area contributed by atoms with E-state index in [9.17, 15) is 0 Å². The van der Waals surface area contributed by atoms with Crippen molar-refractivity contribution in [3.8, 4) is 5.88 Å². The van der Waals surface area contributed by atoms with E-state index >= 15 is 0 Å². The van der Waals surface area contributed by atoms with Crippen LogP contribution in [0.4, 0.5) is 0 Å². The van der Waals surface area contributed by atoms with E-state index in [0.717, 1.165) is 44.0 Å². The van der Waals surface area contributed by atoms with Gasteiger partial charge in [-0.2, -0.15) is 0 Å². The molecule has 0 saturated heterocycles. The molecular formula is C17H24N4O2. The van der Waals surface area contributed by atoms with Crippen LogP contribution < -0.4 is 4.74 Å². The van der Waals surface area contributed by atoms with Crippen LogP contribution >= 0.6 is 0 Å². The van der Waals surface area contributed by atoms with Crippen LogP contribution in [0.15, 0.2) is 24.7 Å². The molecule has 0 aliphatic carbocycles. The molecule has 6 nitrogen and oxygen atoms in total. The number of imidazole rings is 1. The lowest BCUT2D eigenvalue weighted by molar-refractivity contribution is 0.0491. The summed E-state index contributed by atoms with van der Waals surface area (Å²) in [6, 6.07) is 4.35. The highest BCUT2D eigenvalue weighted by atomic mass is 16.5. The molecule has 0 N–H and O–H groups in total. The summed E-state index contributed by atoms with van der Waals surface area (Å²) in [5, 5.41) is 0. The molecule has 0 radical (unpaired) electrons. The standard InChI is InChI=1S/C17H24N4O2/c1-4-23-11-14-8-16-15(19-12-20(16)2)10-21(14)9-13-6-5-7-18-17(13)22-3/h5-7,12,14H,4,8-11H2,1-3H3/t14-/m0/s1. The molecule has 0 saturated carbocycles. The zero-order valence-corrected chi connectivity index (χ0v) is 14.0. The molecule has 0 bridgehead atoms. The number of fused-ring (bicyclic) bond motifs is 1. The van der Waals surface area contributed by atoms with Gasteiger partial charge in [-0.25, -0.2) is 9.97 Å². The van der Waals surface area contributed by atoms with Crippen molar-refractivity contribution in [3.05, 3.63) is 41.6 Å². The van der Waals surface area contributed by atoms with Crippen LogP contribution in [0.2, 0.25) is 0 Å². The molecule has 2 aromatic heterocycles. The molecular weight excluding hydrogens is 292 g/mol. The van der Waals surface area contributed by atoms with Gasteiger partial charge >= 0.3 is 0 Å². The van der Waals surface area contributed by atoms with E-state index in [1.54, 1.807) is 13.3 Å². The van der Waals surface area contributed by atoms with E-state index in [1.807, 2.05) is 19.3 Å². The lowest BCUT2D eigenvalue weighted by Crippen LogP contribution is -2.43. The Bertz CT molecular complexity index is 656. The van der Waals surface area contributed by atoms with Crippen molar-refractivity contribution in [1.29, 1.82) is 0 Å². The Morgan fingerprint density at radius 2 is 2.22 bits per heavy atom. The minimum absolute atomic E-state index is 0.336. The van der Waals surface area contributed by atoms with Crippen LogP contribution in [-0.4, -0.2) is 45.8 Å². The first-order valence-electron chi connectivity index (χ1n) is 8.01. The number of methoxy groups -OCH3 is 1. The van der Waals surface area contributed by atoms with Crippen molar-refractivity contribution < 1.29 is 9.47 Å². The van der Waals surface area contributed by atoms with Crippen molar-refractivity contribution in [3.63, 3.8) is 0 Å². The molecule has 0 spiro atoms. The van der Waals surface area contributed by atoms with Gasteiger partial charge in [0.2, 0.25) is 5.88 Å². The molecule has 0 aromatic carbocycles. The molecule has 3 heterocycles. The van der Waals surface area contributed by atoms with Gasteiger partial charge in [-0.1, -0.05) is 6.07 Å². The fraction of sp³-hybridized carbons (Fsp3) is 0.529. The molecule has 1 aliphatic rings. The fourth-order valence-corrected chi connectivity index (χ4v) is 3.12. The number of hydrogen-bond donors (Lipinski definition) is 0. The van der Waals surface area contributed by atoms with Gasteiger partial charge in [0.25, 0.3) is 0 Å². The van der Waals surface area contributed by atoms with Gasteiger partial charge in [0.15, 0.2) is 0 Å². The molecule has 2 aromatic rings. The second-order valence-corrected chi connectivity index (χ2v) is 5.84. The average molecular weight is 316 g/mol. The van der Waals surface area contributed by atoms with Gasteiger partial charge in [0, 0.05) is 56.7 Å². The van der Waals surface area contributed by atoms with Gasteiger partial charge in [0.05, 0.1) is 25.7 Å². The molecule has 6 heteroatoms. The third kappa shape index (κ3) is 3.38. The summed E-state index contributed by atoms with van der Waals surface area (Å²) in [4.78, 5) is 11.2. The molecule has 3 rings (SSSR count). The smallest absolute Gasteiger partial charge is 0.217 e. The number of ether oxygens (including phenoxy) is 2. The van der Waals surface area contributed by atoms with Crippen molar-refractivity contribution in [1.82, 2.24) is 19.4 Å². The minimum Gasteiger partial charge on any atom is -0.481 e. The first-order chi connectivity index (χ1) is 11.2. The lowest BCUT2D eigenvalue weighted by atomic mass is 10.0. The van der Waals surface area contributed by atoms with E-state index in [0.29, 0.717) is 11.9 Å². The summed E-state index contributed by atoms with van der Waals surface area (Å²) in [6.07, 6.45) is 4.61. The van der Waals surface area contributed by atoms with Crippen LogP contribution in [0, 0.1) is 0 Å². The van der Waals surface area contributed by atoms with Crippen LogP contribution in [0.3, 0.4) is 0 Å². The first kappa shape index (κ1) is 16.0. The number of aromatic nitrogens is 3. The fourth-order valence-electron chi connectivity index (χ4n) is 3.12. The van der Waals surface area contributed by atoms with Gasteiger partial charge in [0.1, 0.15) is 0 Å². The highest BCUT2D eigenvalue weighted by Crippen LogP contribution is 2.26. The van der Waals surface area contributed by atoms with Gasteiger partial charge in [-0.05, 0) is 13.0 Å². The molecule has 0 fully saturated rings. The van der Waals surface area contributed by atoms with Gasteiger partial charge < -0.3 is 14.0 Å². The Morgan fingerprint density at radius 1 is 1.35 bits per heavy atom. The number of nitrogens with zero attached hydrogens (tertiary/aromatic N) is 4. The zero-order valence-electron chi connectivity index (χ0n) is 14.0. The molecule has 1 aliphatic heterocycles. The van der Waals surface area contributed by atoms with Crippen molar-refractivity contribution in [2.24, 2.45) is 7.05 Å². The molecule has 1 atom stereocenters. The summed E-state index contributed by atoms with van der Waals surface area (Å²) in [6.45, 7) is 5.10. The highest BCUT2D eigenvalue weighted by Gasteiger charge is 2.29. The van der Waals surface area contributed by atoms with E-state index in [1.165, 1.54) is 5.69 Å². The highest BCUT2D eigenvalue weighted by molar-refractivity contribution is 5.26. The van der Waals surface area contributed by atoms with E-state index < -0.39 is 0 Å². The SMILES string of the molecule is CCOC[C@@H]1Cc2c(ncn2C)CN1Cc1cccnc1OC.